The van der Waals surface area contributed by atoms with E-state index in [2.05, 4.69) is 56.6 Å². The number of nitrogens with zero attached hydrogens (tertiary/aromatic N) is 5. The van der Waals surface area contributed by atoms with Gasteiger partial charge in [-0.15, -0.1) is 0 Å². The Morgan fingerprint density at radius 1 is 1.14 bits per heavy atom. The molecule has 2 aliphatic heterocycles. The van der Waals surface area contributed by atoms with E-state index in [9.17, 15) is 0 Å². The predicted octanol–water partition coefficient (Wildman–Crippen LogP) is 2.29. The Morgan fingerprint density at radius 2 is 2.03 bits per heavy atom. The summed E-state index contributed by atoms with van der Waals surface area (Å²) in [7, 11) is 2.12. The van der Waals surface area contributed by atoms with Gasteiger partial charge in [0, 0.05) is 38.4 Å². The zero-order valence-electron chi connectivity index (χ0n) is 16.9. The van der Waals surface area contributed by atoms with E-state index in [0.717, 1.165) is 67.8 Å². The fourth-order valence-corrected chi connectivity index (χ4v) is 4.03. The zero-order valence-corrected chi connectivity index (χ0v) is 16.9. The van der Waals surface area contributed by atoms with E-state index in [0.29, 0.717) is 6.79 Å². The lowest BCUT2D eigenvalue weighted by Crippen LogP contribution is -2.33. The fraction of sp³-hybridized carbons (Fsp3) is 0.429. The molecular weight excluding hydrogens is 368 g/mol. The van der Waals surface area contributed by atoms with Crippen molar-refractivity contribution in [3.8, 4) is 11.5 Å². The highest BCUT2D eigenvalue weighted by Crippen LogP contribution is 2.32. The molecule has 0 unspecified atom stereocenters. The first-order valence-corrected chi connectivity index (χ1v) is 9.98. The number of benzene rings is 1. The molecule has 0 fully saturated rings. The summed E-state index contributed by atoms with van der Waals surface area (Å²) in [6.45, 7) is 7.73. The van der Waals surface area contributed by atoms with Gasteiger partial charge in [-0.05, 0) is 37.7 Å². The molecule has 5 rings (SSSR count). The molecular formula is C21H26N6O2. The summed E-state index contributed by atoms with van der Waals surface area (Å²) in [6, 6.07) is 8.37. The molecule has 3 aromatic rings. The van der Waals surface area contributed by atoms with Crippen molar-refractivity contribution in [2.45, 2.75) is 39.6 Å². The number of hydrogen-bond acceptors (Lipinski definition) is 6. The topological polar surface area (TPSA) is 71.4 Å². The van der Waals surface area contributed by atoms with Gasteiger partial charge in [0.05, 0.1) is 30.0 Å². The number of aromatic nitrogens is 4. The van der Waals surface area contributed by atoms with Gasteiger partial charge < -0.3 is 14.5 Å². The maximum absolute atomic E-state index is 5.48. The molecule has 8 nitrogen and oxygen atoms in total. The average Bonchev–Trinajstić information content (AvgIpc) is 3.41. The van der Waals surface area contributed by atoms with Gasteiger partial charge in [-0.2, -0.15) is 5.10 Å². The normalized spacial score (nSPS) is 15.8. The summed E-state index contributed by atoms with van der Waals surface area (Å²) >= 11 is 0. The van der Waals surface area contributed by atoms with Crippen LogP contribution in [0.4, 0.5) is 0 Å². The van der Waals surface area contributed by atoms with Crippen LogP contribution >= 0.6 is 0 Å². The number of rotatable bonds is 6. The van der Waals surface area contributed by atoms with E-state index < -0.39 is 0 Å². The maximum atomic E-state index is 5.48. The molecule has 152 valence electrons. The summed E-state index contributed by atoms with van der Waals surface area (Å²) in [6.07, 6.45) is 1.77. The number of hydrogen-bond donors (Lipinski definition) is 1. The molecule has 2 aromatic heterocycles. The number of aromatic amines is 1. The van der Waals surface area contributed by atoms with E-state index in [1.54, 1.807) is 6.33 Å². The van der Waals surface area contributed by atoms with Crippen molar-refractivity contribution in [1.82, 2.24) is 29.5 Å². The van der Waals surface area contributed by atoms with Crippen LogP contribution in [0.15, 0.2) is 30.6 Å². The Hall–Kier alpha value is -2.84. The standard InChI is InChI=1S/C21H26N6O2/c1-15-19(23-13-22-15)12-26-5-6-27-18(11-26)8-17(24-27)10-25(2)9-16-3-4-20-21(7-16)29-14-28-20/h3-4,7-8,13H,5-6,9-12,14H2,1-2H3,(H,22,23). The molecule has 1 aromatic carbocycles. The van der Waals surface area contributed by atoms with Crippen LogP contribution < -0.4 is 9.47 Å². The molecule has 0 bridgehead atoms. The molecule has 1 N–H and O–H groups in total. The van der Waals surface area contributed by atoms with Crippen molar-refractivity contribution in [3.05, 3.63) is 58.9 Å². The van der Waals surface area contributed by atoms with E-state index in [1.165, 1.54) is 11.3 Å². The minimum atomic E-state index is 0.311. The van der Waals surface area contributed by atoms with Gasteiger partial charge in [0.25, 0.3) is 0 Å². The second-order valence-corrected chi connectivity index (χ2v) is 7.89. The Bertz CT molecular complexity index is 1010. The van der Waals surface area contributed by atoms with Crippen LogP contribution in [0.3, 0.4) is 0 Å². The van der Waals surface area contributed by atoms with Crippen molar-refractivity contribution in [2.24, 2.45) is 0 Å². The van der Waals surface area contributed by atoms with E-state index in [-0.39, 0.29) is 0 Å². The van der Waals surface area contributed by atoms with Crippen LogP contribution in [0.1, 0.15) is 28.3 Å². The highest BCUT2D eigenvalue weighted by atomic mass is 16.7. The van der Waals surface area contributed by atoms with Gasteiger partial charge in [-0.1, -0.05) is 6.07 Å². The molecule has 2 aliphatic rings. The second-order valence-electron chi connectivity index (χ2n) is 7.89. The molecule has 0 aliphatic carbocycles. The summed E-state index contributed by atoms with van der Waals surface area (Å²) in [4.78, 5) is 12.3. The van der Waals surface area contributed by atoms with E-state index in [1.807, 2.05) is 6.07 Å². The quantitative estimate of drug-likeness (QED) is 0.692. The lowest BCUT2D eigenvalue weighted by molar-refractivity contribution is 0.174. The Labute approximate surface area is 170 Å². The highest BCUT2D eigenvalue weighted by Gasteiger charge is 2.20. The molecule has 29 heavy (non-hydrogen) atoms. The number of ether oxygens (including phenoxy) is 2. The van der Waals surface area contributed by atoms with Gasteiger partial charge in [0.2, 0.25) is 6.79 Å². The van der Waals surface area contributed by atoms with Crippen LogP contribution in [0, 0.1) is 6.92 Å². The first-order chi connectivity index (χ1) is 14.1. The van der Waals surface area contributed by atoms with E-state index >= 15 is 0 Å². The third kappa shape index (κ3) is 3.86. The lowest BCUT2D eigenvalue weighted by atomic mass is 10.2. The summed E-state index contributed by atoms with van der Waals surface area (Å²) in [5.41, 5.74) is 5.87. The maximum Gasteiger partial charge on any atom is 0.231 e. The zero-order chi connectivity index (χ0) is 19.8. The highest BCUT2D eigenvalue weighted by molar-refractivity contribution is 5.44. The minimum Gasteiger partial charge on any atom is -0.454 e. The molecule has 0 saturated carbocycles. The van der Waals surface area contributed by atoms with Crippen LogP contribution in [0.2, 0.25) is 0 Å². The lowest BCUT2D eigenvalue weighted by Gasteiger charge is -2.26. The third-order valence-corrected chi connectivity index (χ3v) is 5.56. The summed E-state index contributed by atoms with van der Waals surface area (Å²) in [5.74, 6) is 1.66. The molecule has 8 heteroatoms. The van der Waals surface area contributed by atoms with Crippen molar-refractivity contribution in [2.75, 3.05) is 20.4 Å². The number of aryl methyl sites for hydroxylation is 1. The van der Waals surface area contributed by atoms with Crippen molar-refractivity contribution < 1.29 is 9.47 Å². The Kier molecular flexibility index (Phi) is 4.73. The predicted molar refractivity (Wildman–Crippen MR) is 107 cm³/mol. The van der Waals surface area contributed by atoms with Crippen LogP contribution in [0.5, 0.6) is 11.5 Å². The van der Waals surface area contributed by atoms with Gasteiger partial charge in [-0.3, -0.25) is 14.5 Å². The molecule has 0 atom stereocenters. The smallest absolute Gasteiger partial charge is 0.231 e. The number of fused-ring (bicyclic) bond motifs is 2. The molecule has 0 saturated heterocycles. The molecule has 0 amide bonds. The largest absolute Gasteiger partial charge is 0.454 e. The Balaban J connectivity index is 1.20. The van der Waals surface area contributed by atoms with Crippen molar-refractivity contribution in [3.63, 3.8) is 0 Å². The van der Waals surface area contributed by atoms with Gasteiger partial charge in [0.1, 0.15) is 0 Å². The first kappa shape index (κ1) is 18.2. The van der Waals surface area contributed by atoms with Crippen LogP contribution in [0.25, 0.3) is 0 Å². The minimum absolute atomic E-state index is 0.311. The molecule has 4 heterocycles. The van der Waals surface area contributed by atoms with E-state index in [4.69, 9.17) is 14.6 Å². The van der Waals surface area contributed by atoms with Crippen LogP contribution in [-0.4, -0.2) is 49.9 Å². The van der Waals surface area contributed by atoms with Crippen LogP contribution in [-0.2, 0) is 32.7 Å². The first-order valence-electron chi connectivity index (χ1n) is 9.98. The number of H-pyrrole nitrogens is 1. The van der Waals surface area contributed by atoms with Crippen molar-refractivity contribution in [1.29, 1.82) is 0 Å². The summed E-state index contributed by atoms with van der Waals surface area (Å²) < 4.78 is 13.0. The number of imidazole rings is 1. The molecule has 0 radical (unpaired) electrons. The van der Waals surface area contributed by atoms with Crippen molar-refractivity contribution >= 4 is 0 Å². The number of nitrogens with one attached hydrogen (secondary N) is 1. The van der Waals surface area contributed by atoms with Gasteiger partial charge in [-0.25, -0.2) is 4.98 Å². The second kappa shape index (κ2) is 7.53. The summed E-state index contributed by atoms with van der Waals surface area (Å²) in [5, 5.41) is 4.82. The van der Waals surface area contributed by atoms with Gasteiger partial charge in [0.15, 0.2) is 11.5 Å². The SMILES string of the molecule is Cc1[nH]cnc1CN1CCn2nc(CN(C)Cc3ccc4c(c3)OCO4)cc2C1. The third-order valence-electron chi connectivity index (χ3n) is 5.56. The van der Waals surface area contributed by atoms with Gasteiger partial charge >= 0.3 is 0 Å². The molecule has 0 spiro atoms. The Morgan fingerprint density at radius 3 is 2.90 bits per heavy atom. The average molecular weight is 394 g/mol. The monoisotopic (exact) mass is 394 g/mol. The fourth-order valence-electron chi connectivity index (χ4n) is 4.03.